The molecule has 0 saturated carbocycles. The van der Waals surface area contributed by atoms with Crippen molar-refractivity contribution in [1.82, 2.24) is 9.55 Å². The summed E-state index contributed by atoms with van der Waals surface area (Å²) in [4.78, 5) is 16.7. The van der Waals surface area contributed by atoms with E-state index in [1.807, 2.05) is 28.8 Å². The lowest BCUT2D eigenvalue weighted by Crippen LogP contribution is -2.24. The molecule has 5 nitrogen and oxygen atoms in total. The molecule has 1 amide bonds. The number of halogens is 1. The van der Waals surface area contributed by atoms with Crippen LogP contribution >= 0.6 is 0 Å². The number of benzene rings is 2. The van der Waals surface area contributed by atoms with E-state index in [2.05, 4.69) is 10.3 Å². The monoisotopic (exact) mass is 337 g/mol. The van der Waals surface area contributed by atoms with E-state index in [0.29, 0.717) is 5.82 Å². The SMILES string of the molecule is COc1ccc(-n2cnc3c2NC(=O)C[C@@H]3c2ccc(F)cc2)cc1. The molecule has 6 heteroatoms. The zero-order valence-electron chi connectivity index (χ0n) is 13.6. The van der Waals surface area contributed by atoms with Crippen LogP contribution in [-0.4, -0.2) is 22.6 Å². The van der Waals surface area contributed by atoms with Crippen LogP contribution in [0.5, 0.6) is 5.75 Å². The maximum atomic E-state index is 13.2. The molecule has 1 aliphatic rings. The minimum Gasteiger partial charge on any atom is -0.497 e. The second kappa shape index (κ2) is 6.05. The molecule has 25 heavy (non-hydrogen) atoms. The molecule has 0 spiro atoms. The van der Waals surface area contributed by atoms with Crippen molar-refractivity contribution in [2.75, 3.05) is 12.4 Å². The third-order valence-corrected chi connectivity index (χ3v) is 4.40. The van der Waals surface area contributed by atoms with Gasteiger partial charge in [0.1, 0.15) is 23.7 Å². The lowest BCUT2D eigenvalue weighted by Gasteiger charge is -2.23. The van der Waals surface area contributed by atoms with Gasteiger partial charge in [-0.25, -0.2) is 9.37 Å². The molecule has 3 aromatic rings. The molecule has 0 fully saturated rings. The summed E-state index contributed by atoms with van der Waals surface area (Å²) in [5.74, 6) is 0.829. The molecular weight excluding hydrogens is 321 g/mol. The Labute approximate surface area is 144 Å². The number of fused-ring (bicyclic) bond motifs is 1. The zero-order valence-corrected chi connectivity index (χ0v) is 13.6. The van der Waals surface area contributed by atoms with E-state index in [1.54, 1.807) is 25.6 Å². The molecule has 0 saturated heterocycles. The summed E-state index contributed by atoms with van der Waals surface area (Å²) in [6, 6.07) is 13.7. The van der Waals surface area contributed by atoms with Gasteiger partial charge < -0.3 is 10.1 Å². The van der Waals surface area contributed by atoms with E-state index in [9.17, 15) is 9.18 Å². The first-order valence-corrected chi connectivity index (χ1v) is 7.92. The number of anilines is 1. The van der Waals surface area contributed by atoms with Crippen molar-refractivity contribution in [2.45, 2.75) is 12.3 Å². The largest absolute Gasteiger partial charge is 0.497 e. The van der Waals surface area contributed by atoms with Crippen molar-refractivity contribution < 1.29 is 13.9 Å². The molecule has 1 N–H and O–H groups in total. The predicted octanol–water partition coefficient (Wildman–Crippen LogP) is 3.49. The predicted molar refractivity (Wildman–Crippen MR) is 91.6 cm³/mol. The van der Waals surface area contributed by atoms with E-state index in [-0.39, 0.29) is 24.1 Å². The first kappa shape index (κ1) is 15.4. The summed E-state index contributed by atoms with van der Waals surface area (Å²) in [5, 5.41) is 2.90. The molecule has 0 radical (unpaired) electrons. The number of carbonyl (C=O) groups excluding carboxylic acids is 1. The molecule has 0 unspecified atom stereocenters. The highest BCUT2D eigenvalue weighted by Crippen LogP contribution is 2.37. The summed E-state index contributed by atoms with van der Waals surface area (Å²) in [5.41, 5.74) is 2.52. The third kappa shape index (κ3) is 2.76. The molecule has 0 bridgehead atoms. The van der Waals surface area contributed by atoms with Crippen LogP contribution in [0.3, 0.4) is 0 Å². The fourth-order valence-corrected chi connectivity index (χ4v) is 3.12. The van der Waals surface area contributed by atoms with Crippen molar-refractivity contribution in [2.24, 2.45) is 0 Å². The number of carbonyl (C=O) groups is 1. The number of methoxy groups -OCH3 is 1. The fourth-order valence-electron chi connectivity index (χ4n) is 3.12. The third-order valence-electron chi connectivity index (χ3n) is 4.40. The second-order valence-electron chi connectivity index (χ2n) is 5.90. The van der Waals surface area contributed by atoms with Crippen LogP contribution < -0.4 is 10.1 Å². The normalized spacial score (nSPS) is 16.2. The van der Waals surface area contributed by atoms with Crippen molar-refractivity contribution in [1.29, 1.82) is 0 Å². The van der Waals surface area contributed by atoms with Gasteiger partial charge in [0.2, 0.25) is 5.91 Å². The van der Waals surface area contributed by atoms with Gasteiger partial charge in [-0.05, 0) is 42.0 Å². The molecule has 1 atom stereocenters. The van der Waals surface area contributed by atoms with E-state index < -0.39 is 0 Å². The smallest absolute Gasteiger partial charge is 0.226 e. The van der Waals surface area contributed by atoms with Gasteiger partial charge in [0.05, 0.1) is 12.8 Å². The van der Waals surface area contributed by atoms with E-state index in [0.717, 1.165) is 22.7 Å². The zero-order chi connectivity index (χ0) is 17.4. The molecule has 0 aliphatic carbocycles. The van der Waals surface area contributed by atoms with Crippen LogP contribution in [0.25, 0.3) is 5.69 Å². The molecule has 1 aromatic heterocycles. The fraction of sp³-hybridized carbons (Fsp3) is 0.158. The Bertz CT molecular complexity index is 917. The number of nitrogens with one attached hydrogen (secondary N) is 1. The minimum atomic E-state index is -0.298. The molecule has 2 aromatic carbocycles. The first-order chi connectivity index (χ1) is 12.2. The number of rotatable bonds is 3. The highest BCUT2D eigenvalue weighted by Gasteiger charge is 2.30. The molecule has 126 valence electrons. The summed E-state index contributed by atoms with van der Waals surface area (Å²) in [6.07, 6.45) is 1.98. The number of hydrogen-bond acceptors (Lipinski definition) is 3. The van der Waals surface area contributed by atoms with Gasteiger partial charge in [-0.15, -0.1) is 0 Å². The summed E-state index contributed by atoms with van der Waals surface area (Å²) in [6.45, 7) is 0. The Morgan fingerprint density at radius 1 is 1.16 bits per heavy atom. The second-order valence-corrected chi connectivity index (χ2v) is 5.90. The highest BCUT2D eigenvalue weighted by molar-refractivity contribution is 5.94. The van der Waals surface area contributed by atoms with Gasteiger partial charge in [-0.2, -0.15) is 0 Å². The van der Waals surface area contributed by atoms with Crippen LogP contribution in [0, 0.1) is 5.82 Å². The standard InChI is InChI=1S/C19H16FN3O2/c1-25-15-8-6-14(7-9-15)23-11-21-18-16(10-17(24)22-19(18)23)12-2-4-13(20)5-3-12/h2-9,11,16H,10H2,1H3,(H,22,24)/t16-/m1/s1. The maximum Gasteiger partial charge on any atom is 0.226 e. The topological polar surface area (TPSA) is 56.1 Å². The lowest BCUT2D eigenvalue weighted by atomic mass is 9.90. The Balaban J connectivity index is 1.76. The number of imidazole rings is 1. The number of aromatic nitrogens is 2. The number of ether oxygens (including phenoxy) is 1. The van der Waals surface area contributed by atoms with E-state index in [1.165, 1.54) is 12.1 Å². The van der Waals surface area contributed by atoms with Gasteiger partial charge in [0.15, 0.2) is 0 Å². The van der Waals surface area contributed by atoms with Gasteiger partial charge in [0, 0.05) is 18.0 Å². The summed E-state index contributed by atoms with van der Waals surface area (Å²) >= 11 is 0. The average Bonchev–Trinajstić information content (AvgIpc) is 3.05. The Morgan fingerprint density at radius 2 is 1.88 bits per heavy atom. The van der Waals surface area contributed by atoms with Gasteiger partial charge >= 0.3 is 0 Å². The van der Waals surface area contributed by atoms with Gasteiger partial charge in [-0.3, -0.25) is 9.36 Å². The lowest BCUT2D eigenvalue weighted by molar-refractivity contribution is -0.116. The van der Waals surface area contributed by atoms with Crippen LogP contribution in [0.15, 0.2) is 54.9 Å². The number of nitrogens with zero attached hydrogens (tertiary/aromatic N) is 2. The van der Waals surface area contributed by atoms with E-state index in [4.69, 9.17) is 4.74 Å². The first-order valence-electron chi connectivity index (χ1n) is 7.92. The molecular formula is C19H16FN3O2. The van der Waals surface area contributed by atoms with E-state index >= 15 is 0 Å². The minimum absolute atomic E-state index is 0.0860. The molecule has 2 heterocycles. The quantitative estimate of drug-likeness (QED) is 0.796. The Kier molecular flexibility index (Phi) is 3.72. The number of amides is 1. The summed E-state index contributed by atoms with van der Waals surface area (Å²) in [7, 11) is 1.61. The van der Waals surface area contributed by atoms with Crippen molar-refractivity contribution in [3.8, 4) is 11.4 Å². The van der Waals surface area contributed by atoms with Crippen molar-refractivity contribution in [3.05, 3.63) is 71.9 Å². The van der Waals surface area contributed by atoms with Crippen molar-refractivity contribution >= 4 is 11.7 Å². The van der Waals surface area contributed by atoms with Crippen LogP contribution in [0.1, 0.15) is 23.6 Å². The number of hydrogen-bond donors (Lipinski definition) is 1. The average molecular weight is 337 g/mol. The van der Waals surface area contributed by atoms with Crippen LogP contribution in [0.4, 0.5) is 10.2 Å². The molecule has 4 rings (SSSR count). The van der Waals surface area contributed by atoms with Gasteiger partial charge in [-0.1, -0.05) is 12.1 Å². The van der Waals surface area contributed by atoms with Crippen molar-refractivity contribution in [3.63, 3.8) is 0 Å². The van der Waals surface area contributed by atoms with Gasteiger partial charge in [0.25, 0.3) is 0 Å². The Morgan fingerprint density at radius 3 is 2.56 bits per heavy atom. The highest BCUT2D eigenvalue weighted by atomic mass is 19.1. The maximum absolute atomic E-state index is 13.2. The van der Waals surface area contributed by atoms with Crippen LogP contribution in [-0.2, 0) is 4.79 Å². The summed E-state index contributed by atoms with van der Waals surface area (Å²) < 4.78 is 20.2. The molecule has 1 aliphatic heterocycles. The van der Waals surface area contributed by atoms with Crippen LogP contribution in [0.2, 0.25) is 0 Å². The Hall–Kier alpha value is -3.15.